The molecule has 0 aromatic rings. The SMILES string of the molecule is CC(CCO)SCC1CN(C)CCO1. The van der Waals surface area contributed by atoms with Crippen molar-refractivity contribution in [1.29, 1.82) is 0 Å². The van der Waals surface area contributed by atoms with Crippen molar-refractivity contribution in [3.05, 3.63) is 0 Å². The quantitative estimate of drug-likeness (QED) is 0.742. The van der Waals surface area contributed by atoms with Crippen LogP contribution >= 0.6 is 11.8 Å². The maximum Gasteiger partial charge on any atom is 0.0792 e. The van der Waals surface area contributed by atoms with Crippen molar-refractivity contribution in [3.63, 3.8) is 0 Å². The maximum atomic E-state index is 8.76. The molecule has 0 aromatic heterocycles. The minimum atomic E-state index is 0.291. The third-order valence-corrected chi connectivity index (χ3v) is 3.81. The highest BCUT2D eigenvalue weighted by Gasteiger charge is 2.18. The summed E-state index contributed by atoms with van der Waals surface area (Å²) in [5, 5.41) is 9.30. The molecule has 0 aliphatic carbocycles. The molecule has 1 N–H and O–H groups in total. The number of thioether (sulfide) groups is 1. The van der Waals surface area contributed by atoms with Gasteiger partial charge in [0.05, 0.1) is 12.7 Å². The van der Waals surface area contributed by atoms with Crippen LogP contribution in [0.25, 0.3) is 0 Å². The molecule has 1 fully saturated rings. The lowest BCUT2D eigenvalue weighted by molar-refractivity contribution is -0.00603. The molecule has 0 bridgehead atoms. The summed E-state index contributed by atoms with van der Waals surface area (Å²) < 4.78 is 5.65. The summed E-state index contributed by atoms with van der Waals surface area (Å²) in [5.41, 5.74) is 0. The number of hydrogen-bond donors (Lipinski definition) is 1. The largest absolute Gasteiger partial charge is 0.396 e. The Bertz CT molecular complexity index is 157. The van der Waals surface area contributed by atoms with Crippen LogP contribution < -0.4 is 0 Å². The molecule has 1 aliphatic rings. The van der Waals surface area contributed by atoms with Crippen LogP contribution in [0.15, 0.2) is 0 Å². The molecule has 0 saturated carbocycles. The molecule has 2 atom stereocenters. The van der Waals surface area contributed by atoms with E-state index < -0.39 is 0 Å². The van der Waals surface area contributed by atoms with Crippen molar-refractivity contribution >= 4 is 11.8 Å². The van der Waals surface area contributed by atoms with Crippen LogP contribution in [0.4, 0.5) is 0 Å². The van der Waals surface area contributed by atoms with E-state index in [4.69, 9.17) is 9.84 Å². The van der Waals surface area contributed by atoms with Crippen LogP contribution in [0.2, 0.25) is 0 Å². The summed E-state index contributed by atoms with van der Waals surface area (Å²) in [6, 6.07) is 0. The molecular weight excluding hydrogens is 198 g/mol. The predicted octanol–water partition coefficient (Wildman–Crippen LogP) is 0.821. The zero-order chi connectivity index (χ0) is 10.4. The van der Waals surface area contributed by atoms with Crippen molar-refractivity contribution < 1.29 is 9.84 Å². The fourth-order valence-corrected chi connectivity index (χ4v) is 2.52. The predicted molar refractivity (Wildman–Crippen MR) is 60.9 cm³/mol. The number of ether oxygens (including phenoxy) is 1. The zero-order valence-electron chi connectivity index (χ0n) is 9.11. The van der Waals surface area contributed by atoms with E-state index in [2.05, 4.69) is 18.9 Å². The second kappa shape index (κ2) is 6.67. The monoisotopic (exact) mass is 219 g/mol. The van der Waals surface area contributed by atoms with Crippen LogP contribution in [0.5, 0.6) is 0 Å². The first kappa shape index (κ1) is 12.3. The highest BCUT2D eigenvalue weighted by atomic mass is 32.2. The molecule has 1 heterocycles. The summed E-state index contributed by atoms with van der Waals surface area (Å²) in [4.78, 5) is 2.31. The number of rotatable bonds is 5. The first-order valence-corrected chi connectivity index (χ1v) is 6.30. The van der Waals surface area contributed by atoms with Gasteiger partial charge < -0.3 is 14.7 Å². The van der Waals surface area contributed by atoms with Gasteiger partial charge in [-0.3, -0.25) is 0 Å². The molecule has 1 saturated heterocycles. The standard InChI is InChI=1S/C10H21NO2S/c1-9(3-5-12)14-8-10-7-11(2)4-6-13-10/h9-10,12H,3-8H2,1-2H3. The number of hydrogen-bond acceptors (Lipinski definition) is 4. The highest BCUT2D eigenvalue weighted by Crippen LogP contribution is 2.17. The number of aliphatic hydroxyl groups excluding tert-OH is 1. The number of aliphatic hydroxyl groups is 1. The molecule has 1 aliphatic heterocycles. The van der Waals surface area contributed by atoms with E-state index in [1.807, 2.05) is 11.8 Å². The van der Waals surface area contributed by atoms with Gasteiger partial charge >= 0.3 is 0 Å². The Morgan fingerprint density at radius 2 is 2.43 bits per heavy atom. The minimum absolute atomic E-state index is 0.291. The van der Waals surface area contributed by atoms with Crippen LogP contribution in [0.1, 0.15) is 13.3 Å². The average molecular weight is 219 g/mol. The topological polar surface area (TPSA) is 32.7 Å². The Labute approximate surface area is 90.8 Å². The molecule has 84 valence electrons. The van der Waals surface area contributed by atoms with E-state index in [1.54, 1.807) is 0 Å². The van der Waals surface area contributed by atoms with Gasteiger partial charge in [0.1, 0.15) is 0 Å². The van der Waals surface area contributed by atoms with Crippen molar-refractivity contribution in [2.75, 3.05) is 39.1 Å². The summed E-state index contributed by atoms with van der Waals surface area (Å²) >= 11 is 1.90. The van der Waals surface area contributed by atoms with Gasteiger partial charge in [0, 0.05) is 30.7 Å². The Hall–Kier alpha value is 0.230. The second-order valence-corrected chi connectivity index (χ2v) is 5.38. The molecule has 14 heavy (non-hydrogen) atoms. The second-order valence-electron chi connectivity index (χ2n) is 3.91. The van der Waals surface area contributed by atoms with Crippen LogP contribution in [0, 0.1) is 0 Å². The molecule has 0 aromatic carbocycles. The summed E-state index contributed by atoms with van der Waals surface area (Å²) in [6.07, 6.45) is 1.26. The molecule has 1 rings (SSSR count). The van der Waals surface area contributed by atoms with Crippen LogP contribution in [-0.2, 0) is 4.74 Å². The van der Waals surface area contributed by atoms with E-state index in [0.717, 1.165) is 31.9 Å². The first-order valence-electron chi connectivity index (χ1n) is 5.25. The van der Waals surface area contributed by atoms with Crippen LogP contribution in [0.3, 0.4) is 0 Å². The van der Waals surface area contributed by atoms with Gasteiger partial charge in [-0.15, -0.1) is 0 Å². The molecule has 3 nitrogen and oxygen atoms in total. The molecule has 0 amide bonds. The van der Waals surface area contributed by atoms with Gasteiger partial charge in [-0.2, -0.15) is 11.8 Å². The lowest BCUT2D eigenvalue weighted by atomic mass is 10.3. The number of likely N-dealkylation sites (N-methyl/N-ethyl adjacent to an activating group) is 1. The normalized spacial score (nSPS) is 26.4. The smallest absolute Gasteiger partial charge is 0.0792 e. The Balaban J connectivity index is 2.10. The van der Waals surface area contributed by atoms with E-state index in [0.29, 0.717) is 18.0 Å². The van der Waals surface area contributed by atoms with Crippen LogP contribution in [-0.4, -0.2) is 60.5 Å². The molecule has 4 heteroatoms. The lowest BCUT2D eigenvalue weighted by Crippen LogP contribution is -2.41. The van der Waals surface area contributed by atoms with E-state index in [9.17, 15) is 0 Å². The third-order valence-electron chi connectivity index (χ3n) is 2.44. The lowest BCUT2D eigenvalue weighted by Gasteiger charge is -2.30. The number of nitrogens with zero attached hydrogens (tertiary/aromatic N) is 1. The van der Waals surface area contributed by atoms with Crippen molar-refractivity contribution in [2.45, 2.75) is 24.7 Å². The summed E-state index contributed by atoms with van der Waals surface area (Å²) in [7, 11) is 2.14. The van der Waals surface area contributed by atoms with Gasteiger partial charge in [0.2, 0.25) is 0 Å². The zero-order valence-corrected chi connectivity index (χ0v) is 9.92. The Morgan fingerprint density at radius 1 is 1.64 bits per heavy atom. The third kappa shape index (κ3) is 4.64. The molecular formula is C10H21NO2S. The van der Waals surface area contributed by atoms with Gasteiger partial charge in [-0.05, 0) is 13.5 Å². The van der Waals surface area contributed by atoms with Gasteiger partial charge in [-0.1, -0.05) is 6.92 Å². The molecule has 0 radical (unpaired) electrons. The first-order chi connectivity index (χ1) is 6.72. The summed E-state index contributed by atoms with van der Waals surface area (Å²) in [6.45, 7) is 5.40. The number of morpholine rings is 1. The van der Waals surface area contributed by atoms with Gasteiger partial charge in [-0.25, -0.2) is 0 Å². The Kier molecular flexibility index (Phi) is 5.86. The van der Waals surface area contributed by atoms with Gasteiger partial charge in [0.25, 0.3) is 0 Å². The fraction of sp³-hybridized carbons (Fsp3) is 1.00. The van der Waals surface area contributed by atoms with E-state index >= 15 is 0 Å². The summed E-state index contributed by atoms with van der Waals surface area (Å²) in [5.74, 6) is 1.05. The highest BCUT2D eigenvalue weighted by molar-refractivity contribution is 7.99. The fourth-order valence-electron chi connectivity index (χ4n) is 1.50. The minimum Gasteiger partial charge on any atom is -0.396 e. The van der Waals surface area contributed by atoms with Gasteiger partial charge in [0.15, 0.2) is 0 Å². The maximum absolute atomic E-state index is 8.76. The Morgan fingerprint density at radius 3 is 3.07 bits per heavy atom. The average Bonchev–Trinajstić information content (AvgIpc) is 2.15. The van der Waals surface area contributed by atoms with Crippen molar-refractivity contribution in [3.8, 4) is 0 Å². The van der Waals surface area contributed by atoms with Crippen molar-refractivity contribution in [1.82, 2.24) is 4.90 Å². The van der Waals surface area contributed by atoms with E-state index in [1.165, 1.54) is 0 Å². The van der Waals surface area contributed by atoms with Crippen molar-refractivity contribution in [2.24, 2.45) is 0 Å². The molecule has 2 unspecified atom stereocenters. The van der Waals surface area contributed by atoms with E-state index in [-0.39, 0.29) is 0 Å². The molecule has 0 spiro atoms.